The maximum absolute atomic E-state index is 13.1. The van der Waals surface area contributed by atoms with Crippen LogP contribution in [0.15, 0.2) is 63.9 Å². The molecule has 11 heteroatoms. The number of fused-ring (bicyclic) bond motifs is 1. The van der Waals surface area contributed by atoms with Crippen LogP contribution in [0.4, 0.5) is 13.2 Å². The number of rotatable bonds is 5. The summed E-state index contributed by atoms with van der Waals surface area (Å²) in [5, 5.41) is 6.10. The largest absolute Gasteiger partial charge is 0.493 e. The third-order valence-electron chi connectivity index (χ3n) is 4.38. The Morgan fingerprint density at radius 2 is 1.84 bits per heavy atom. The molecule has 164 valence electrons. The summed E-state index contributed by atoms with van der Waals surface area (Å²) in [6, 6.07) is 12.7. The molecule has 0 saturated carbocycles. The lowest BCUT2D eigenvalue weighted by atomic mass is 9.96. The van der Waals surface area contributed by atoms with Gasteiger partial charge in [-0.15, -0.1) is 4.40 Å². The number of halogens is 3. The molecule has 0 radical (unpaired) electrons. The molecule has 0 bridgehead atoms. The van der Waals surface area contributed by atoms with E-state index in [1.807, 2.05) is 0 Å². The van der Waals surface area contributed by atoms with E-state index in [-0.39, 0.29) is 22.4 Å². The summed E-state index contributed by atoms with van der Waals surface area (Å²) >= 11 is 0.513. The van der Waals surface area contributed by atoms with Gasteiger partial charge in [-0.25, -0.2) is 0 Å². The molecule has 3 aromatic rings. The van der Waals surface area contributed by atoms with Crippen molar-refractivity contribution < 1.29 is 26.3 Å². The summed E-state index contributed by atoms with van der Waals surface area (Å²) in [7, 11) is -4.07. The Balaban J connectivity index is 2.17. The lowest BCUT2D eigenvalue weighted by Gasteiger charge is -2.15. The molecule has 6 nitrogen and oxygen atoms in total. The molecule has 0 aromatic heterocycles. The van der Waals surface area contributed by atoms with Crippen molar-refractivity contribution in [3.05, 3.63) is 60.2 Å². The van der Waals surface area contributed by atoms with Gasteiger partial charge in [0.2, 0.25) is 0 Å². The van der Waals surface area contributed by atoms with Gasteiger partial charge in [-0.3, -0.25) is 5.14 Å². The first-order valence-corrected chi connectivity index (χ1v) is 11.2. The first-order chi connectivity index (χ1) is 14.6. The lowest BCUT2D eigenvalue weighted by Crippen LogP contribution is -2.12. The fourth-order valence-electron chi connectivity index (χ4n) is 3.05. The van der Waals surface area contributed by atoms with Gasteiger partial charge < -0.3 is 10.5 Å². The van der Waals surface area contributed by atoms with Crippen molar-refractivity contribution in [3.8, 4) is 16.9 Å². The Morgan fingerprint density at radius 3 is 2.48 bits per heavy atom. The van der Waals surface area contributed by atoms with Crippen molar-refractivity contribution in [2.75, 3.05) is 6.61 Å². The Bertz CT molecular complexity index is 1260. The summed E-state index contributed by atoms with van der Waals surface area (Å²) in [6.07, 6.45) is -4.50. The van der Waals surface area contributed by atoms with Crippen molar-refractivity contribution in [3.63, 3.8) is 0 Å². The standard InChI is InChI=1S/C20H18F3N3O3S2/c1-2-29-18-11-13(20(21,22)23)6-8-17(18)16-5-3-4-12-10-14(7-9-15(12)16)31(27,28)26-19(24)30-25/h3-11H,2,25H2,1H3,(H2,24,26). The fourth-order valence-corrected chi connectivity index (χ4v) is 4.37. The monoisotopic (exact) mass is 469 g/mol. The number of amidine groups is 1. The Morgan fingerprint density at radius 1 is 1.10 bits per heavy atom. The van der Waals surface area contributed by atoms with E-state index < -0.39 is 21.8 Å². The second-order valence-electron chi connectivity index (χ2n) is 6.35. The minimum atomic E-state index is -4.50. The van der Waals surface area contributed by atoms with Gasteiger partial charge >= 0.3 is 6.18 Å². The van der Waals surface area contributed by atoms with Crippen LogP contribution in [0.2, 0.25) is 0 Å². The summed E-state index contributed by atoms with van der Waals surface area (Å²) in [5.74, 6) is 0.0823. The molecule has 0 heterocycles. The average molecular weight is 470 g/mol. The van der Waals surface area contributed by atoms with Crippen LogP contribution in [-0.2, 0) is 16.2 Å². The average Bonchev–Trinajstić information content (AvgIpc) is 2.72. The predicted octanol–water partition coefficient (Wildman–Crippen LogP) is 4.53. The number of alkyl halides is 3. The first kappa shape index (κ1) is 22.9. The molecule has 0 saturated heterocycles. The first-order valence-electron chi connectivity index (χ1n) is 8.91. The molecule has 31 heavy (non-hydrogen) atoms. The van der Waals surface area contributed by atoms with Crippen LogP contribution in [0.1, 0.15) is 12.5 Å². The highest BCUT2D eigenvalue weighted by Gasteiger charge is 2.31. The molecule has 3 aromatic carbocycles. The summed E-state index contributed by atoms with van der Waals surface area (Å²) in [6.45, 7) is 1.86. The van der Waals surface area contributed by atoms with Crippen molar-refractivity contribution in [1.82, 2.24) is 0 Å². The molecule has 0 aliphatic rings. The molecule has 0 amide bonds. The Hall–Kier alpha value is -2.76. The van der Waals surface area contributed by atoms with Gasteiger partial charge in [-0.05, 0) is 59.5 Å². The van der Waals surface area contributed by atoms with Crippen molar-refractivity contribution in [1.29, 1.82) is 0 Å². The van der Waals surface area contributed by atoms with Crippen LogP contribution in [-0.4, -0.2) is 20.2 Å². The van der Waals surface area contributed by atoms with Gasteiger partial charge in [0.25, 0.3) is 10.0 Å². The van der Waals surface area contributed by atoms with Crippen molar-refractivity contribution in [2.45, 2.75) is 18.0 Å². The molecule has 0 atom stereocenters. The lowest BCUT2D eigenvalue weighted by molar-refractivity contribution is -0.137. The quantitative estimate of drug-likeness (QED) is 0.323. The van der Waals surface area contributed by atoms with Gasteiger partial charge in [0.1, 0.15) is 5.75 Å². The maximum Gasteiger partial charge on any atom is 0.416 e. The molecular weight excluding hydrogens is 451 g/mol. The number of nitrogens with zero attached hydrogens (tertiary/aromatic N) is 1. The predicted molar refractivity (Wildman–Crippen MR) is 116 cm³/mol. The van der Waals surface area contributed by atoms with Crippen LogP contribution >= 0.6 is 11.9 Å². The van der Waals surface area contributed by atoms with Crippen LogP contribution < -0.4 is 15.6 Å². The van der Waals surface area contributed by atoms with E-state index in [1.54, 1.807) is 31.2 Å². The highest BCUT2D eigenvalue weighted by molar-refractivity contribution is 8.12. The second-order valence-corrected chi connectivity index (χ2v) is 8.61. The van der Waals surface area contributed by atoms with Crippen LogP contribution in [0, 0.1) is 0 Å². The number of benzene rings is 3. The third-order valence-corrected chi connectivity index (χ3v) is 6.11. The van der Waals surface area contributed by atoms with E-state index >= 15 is 0 Å². The number of hydrogen-bond acceptors (Lipinski definition) is 5. The highest BCUT2D eigenvalue weighted by Crippen LogP contribution is 2.40. The summed E-state index contributed by atoms with van der Waals surface area (Å²) in [4.78, 5) is -0.0911. The zero-order chi connectivity index (χ0) is 22.8. The SMILES string of the molecule is CCOc1cc(C(F)(F)F)ccc1-c1cccc2cc(S(=O)(=O)N=C(N)SN)ccc12. The zero-order valence-corrected chi connectivity index (χ0v) is 17.8. The van der Waals surface area contributed by atoms with Crippen LogP contribution in [0.25, 0.3) is 21.9 Å². The van der Waals surface area contributed by atoms with Gasteiger partial charge in [0.05, 0.1) is 17.1 Å². The number of hydrogen-bond donors (Lipinski definition) is 2. The maximum atomic E-state index is 13.1. The van der Waals surface area contributed by atoms with E-state index in [9.17, 15) is 21.6 Å². The molecule has 0 aliphatic heterocycles. The zero-order valence-electron chi connectivity index (χ0n) is 16.2. The van der Waals surface area contributed by atoms with Gasteiger partial charge in [0, 0.05) is 5.56 Å². The fraction of sp³-hybridized carbons (Fsp3) is 0.150. The molecule has 0 unspecified atom stereocenters. The van der Waals surface area contributed by atoms with E-state index in [0.717, 1.165) is 12.1 Å². The molecule has 4 N–H and O–H groups in total. The molecule has 3 rings (SSSR count). The van der Waals surface area contributed by atoms with E-state index in [2.05, 4.69) is 4.40 Å². The topological polar surface area (TPSA) is 108 Å². The number of nitrogens with two attached hydrogens (primary N) is 2. The highest BCUT2D eigenvalue weighted by atomic mass is 32.2. The minimum absolute atomic E-state index is 0.0823. The summed E-state index contributed by atoms with van der Waals surface area (Å²) in [5.41, 5.74) is 5.65. The minimum Gasteiger partial charge on any atom is -0.493 e. The van der Waals surface area contributed by atoms with E-state index in [0.29, 0.717) is 33.8 Å². The van der Waals surface area contributed by atoms with Crippen LogP contribution in [0.5, 0.6) is 5.75 Å². The van der Waals surface area contributed by atoms with Gasteiger partial charge in [0.15, 0.2) is 5.17 Å². The van der Waals surface area contributed by atoms with Crippen molar-refractivity contribution >= 4 is 37.9 Å². The third kappa shape index (κ3) is 4.94. The normalized spacial score (nSPS) is 12.9. The molecule has 0 spiro atoms. The molecular formula is C20H18F3N3O3S2. The Labute approximate surface area is 181 Å². The van der Waals surface area contributed by atoms with Gasteiger partial charge in [-0.1, -0.05) is 30.3 Å². The van der Waals surface area contributed by atoms with Gasteiger partial charge in [-0.2, -0.15) is 21.6 Å². The number of ether oxygens (including phenoxy) is 1. The molecule has 0 fully saturated rings. The Kier molecular flexibility index (Phi) is 6.48. The van der Waals surface area contributed by atoms with E-state index in [1.165, 1.54) is 18.2 Å². The van der Waals surface area contributed by atoms with Crippen molar-refractivity contribution in [2.24, 2.45) is 15.3 Å². The number of sulfonamides is 1. The van der Waals surface area contributed by atoms with E-state index in [4.69, 9.17) is 15.6 Å². The molecule has 0 aliphatic carbocycles. The summed E-state index contributed by atoms with van der Waals surface area (Å²) < 4.78 is 73.1. The second kappa shape index (κ2) is 8.77. The van der Waals surface area contributed by atoms with Crippen LogP contribution in [0.3, 0.4) is 0 Å². The smallest absolute Gasteiger partial charge is 0.416 e.